The Morgan fingerprint density at radius 3 is 2.62 bits per heavy atom. The highest BCUT2D eigenvalue weighted by Crippen LogP contribution is 2.20. The zero-order valence-electron chi connectivity index (χ0n) is 11.0. The molecule has 0 spiro atoms. The second-order valence-electron chi connectivity index (χ2n) is 5.81. The monoisotopic (exact) mass is 227 g/mol. The minimum absolute atomic E-state index is 0.00885. The van der Waals surface area contributed by atoms with Gasteiger partial charge in [0.05, 0.1) is 5.92 Å². The standard InChI is InChI=1S/C12H25N3O/c1-12(2,8-13)9-15(4)11(16)10-5-6-14(3)7-10/h10H,5-9,13H2,1-4H3. The maximum absolute atomic E-state index is 12.1. The molecule has 0 aromatic heterocycles. The number of amides is 1. The first kappa shape index (κ1) is 13.5. The van der Waals surface area contributed by atoms with Gasteiger partial charge >= 0.3 is 0 Å². The fourth-order valence-electron chi connectivity index (χ4n) is 2.23. The van der Waals surface area contributed by atoms with Crippen LogP contribution in [0, 0.1) is 11.3 Å². The van der Waals surface area contributed by atoms with Gasteiger partial charge in [0.1, 0.15) is 0 Å². The van der Waals surface area contributed by atoms with Crippen LogP contribution in [-0.4, -0.2) is 56.0 Å². The van der Waals surface area contributed by atoms with Gasteiger partial charge in [0.2, 0.25) is 5.91 Å². The van der Waals surface area contributed by atoms with E-state index in [2.05, 4.69) is 25.8 Å². The molecule has 0 aromatic rings. The number of carbonyl (C=O) groups excluding carboxylic acids is 1. The SMILES string of the molecule is CN1CCC(C(=O)N(C)CC(C)(C)CN)C1. The quantitative estimate of drug-likeness (QED) is 0.755. The van der Waals surface area contributed by atoms with Crippen LogP contribution in [0.4, 0.5) is 0 Å². The molecule has 0 bridgehead atoms. The maximum atomic E-state index is 12.1. The number of rotatable bonds is 4. The molecule has 0 saturated carbocycles. The Labute approximate surface area is 98.8 Å². The van der Waals surface area contributed by atoms with E-state index in [0.29, 0.717) is 6.54 Å². The van der Waals surface area contributed by atoms with Crippen molar-refractivity contribution < 1.29 is 4.79 Å². The molecular formula is C12H25N3O. The summed E-state index contributed by atoms with van der Waals surface area (Å²) >= 11 is 0. The fourth-order valence-corrected chi connectivity index (χ4v) is 2.23. The van der Waals surface area contributed by atoms with E-state index in [1.807, 2.05) is 11.9 Å². The van der Waals surface area contributed by atoms with Crippen molar-refractivity contribution in [3.63, 3.8) is 0 Å². The van der Waals surface area contributed by atoms with Gasteiger partial charge in [0.25, 0.3) is 0 Å². The van der Waals surface area contributed by atoms with Gasteiger partial charge in [-0.15, -0.1) is 0 Å². The molecule has 2 N–H and O–H groups in total. The van der Waals surface area contributed by atoms with Crippen LogP contribution in [0.5, 0.6) is 0 Å². The van der Waals surface area contributed by atoms with Gasteiger partial charge in [-0.25, -0.2) is 0 Å². The molecule has 1 aliphatic rings. The number of carbonyl (C=O) groups is 1. The molecule has 1 atom stereocenters. The van der Waals surface area contributed by atoms with Crippen molar-refractivity contribution in [1.82, 2.24) is 9.80 Å². The van der Waals surface area contributed by atoms with Gasteiger partial charge in [-0.1, -0.05) is 13.8 Å². The first-order valence-corrected chi connectivity index (χ1v) is 5.99. The van der Waals surface area contributed by atoms with Crippen molar-refractivity contribution in [2.24, 2.45) is 17.1 Å². The molecule has 1 rings (SSSR count). The largest absolute Gasteiger partial charge is 0.345 e. The van der Waals surface area contributed by atoms with Crippen LogP contribution >= 0.6 is 0 Å². The van der Waals surface area contributed by atoms with E-state index in [1.165, 1.54) is 0 Å². The molecule has 4 heteroatoms. The third kappa shape index (κ3) is 3.46. The lowest BCUT2D eigenvalue weighted by atomic mass is 9.92. The van der Waals surface area contributed by atoms with Crippen molar-refractivity contribution in [3.05, 3.63) is 0 Å². The number of hydrogen-bond acceptors (Lipinski definition) is 3. The number of nitrogens with two attached hydrogens (primary N) is 1. The Balaban J connectivity index is 2.48. The van der Waals surface area contributed by atoms with E-state index in [1.54, 1.807) is 0 Å². The Bertz CT molecular complexity index is 253. The Morgan fingerprint density at radius 2 is 2.19 bits per heavy atom. The average molecular weight is 227 g/mol. The normalized spacial score (nSPS) is 22.4. The van der Waals surface area contributed by atoms with Gasteiger partial charge in [-0.3, -0.25) is 4.79 Å². The first-order chi connectivity index (χ1) is 7.35. The van der Waals surface area contributed by atoms with Crippen molar-refractivity contribution in [1.29, 1.82) is 0 Å². The topological polar surface area (TPSA) is 49.6 Å². The third-order valence-electron chi connectivity index (χ3n) is 3.33. The molecule has 1 heterocycles. The van der Waals surface area contributed by atoms with Gasteiger partial charge in [-0.05, 0) is 32.0 Å². The summed E-state index contributed by atoms with van der Waals surface area (Å²) in [6, 6.07) is 0. The molecule has 16 heavy (non-hydrogen) atoms. The minimum atomic E-state index is 0.00885. The van der Waals surface area contributed by atoms with Gasteiger partial charge in [0, 0.05) is 20.1 Å². The average Bonchev–Trinajstić information content (AvgIpc) is 2.63. The van der Waals surface area contributed by atoms with E-state index < -0.39 is 0 Å². The van der Waals surface area contributed by atoms with Crippen LogP contribution in [0.25, 0.3) is 0 Å². The van der Waals surface area contributed by atoms with Crippen LogP contribution in [0.2, 0.25) is 0 Å². The number of likely N-dealkylation sites (tertiary alicyclic amines) is 1. The predicted molar refractivity (Wildman–Crippen MR) is 66.1 cm³/mol. The van der Waals surface area contributed by atoms with Crippen LogP contribution in [0.15, 0.2) is 0 Å². The highest BCUT2D eigenvalue weighted by Gasteiger charge is 2.30. The van der Waals surface area contributed by atoms with Gasteiger partial charge in [-0.2, -0.15) is 0 Å². The van der Waals surface area contributed by atoms with Crippen molar-refractivity contribution in [3.8, 4) is 0 Å². The first-order valence-electron chi connectivity index (χ1n) is 5.99. The maximum Gasteiger partial charge on any atom is 0.226 e. The molecule has 94 valence electrons. The van der Waals surface area contributed by atoms with Crippen LogP contribution in [0.3, 0.4) is 0 Å². The predicted octanol–water partition coefficient (Wildman–Crippen LogP) is 0.381. The highest BCUT2D eigenvalue weighted by molar-refractivity contribution is 5.79. The van der Waals surface area contributed by atoms with Crippen LogP contribution < -0.4 is 5.73 Å². The van der Waals surface area contributed by atoms with Crippen molar-refractivity contribution in [2.75, 3.05) is 40.3 Å². The summed E-state index contributed by atoms with van der Waals surface area (Å²) in [4.78, 5) is 16.2. The fraction of sp³-hybridized carbons (Fsp3) is 0.917. The summed E-state index contributed by atoms with van der Waals surface area (Å²) in [5, 5.41) is 0. The summed E-state index contributed by atoms with van der Waals surface area (Å²) in [7, 11) is 3.95. The molecule has 1 saturated heterocycles. The summed E-state index contributed by atoms with van der Waals surface area (Å²) in [6.45, 7) is 7.46. The lowest BCUT2D eigenvalue weighted by molar-refractivity contribution is -0.134. The smallest absolute Gasteiger partial charge is 0.226 e. The van der Waals surface area contributed by atoms with Crippen molar-refractivity contribution >= 4 is 5.91 Å². The molecule has 0 radical (unpaired) electrons. The van der Waals surface area contributed by atoms with E-state index >= 15 is 0 Å². The van der Waals surface area contributed by atoms with Crippen LogP contribution in [-0.2, 0) is 4.79 Å². The van der Waals surface area contributed by atoms with Crippen LogP contribution in [0.1, 0.15) is 20.3 Å². The summed E-state index contributed by atoms with van der Waals surface area (Å²) in [6.07, 6.45) is 0.989. The minimum Gasteiger partial charge on any atom is -0.345 e. The van der Waals surface area contributed by atoms with Gasteiger partial charge in [0.15, 0.2) is 0 Å². The third-order valence-corrected chi connectivity index (χ3v) is 3.33. The van der Waals surface area contributed by atoms with E-state index in [0.717, 1.165) is 26.1 Å². The molecule has 0 aromatic carbocycles. The lowest BCUT2D eigenvalue weighted by Crippen LogP contribution is -2.42. The summed E-state index contributed by atoms with van der Waals surface area (Å²) < 4.78 is 0. The van der Waals surface area contributed by atoms with E-state index in [-0.39, 0.29) is 17.2 Å². The number of nitrogens with zero attached hydrogens (tertiary/aromatic N) is 2. The molecule has 1 aliphatic heterocycles. The second kappa shape index (κ2) is 5.15. The number of hydrogen-bond donors (Lipinski definition) is 1. The van der Waals surface area contributed by atoms with Crippen molar-refractivity contribution in [2.45, 2.75) is 20.3 Å². The molecule has 1 amide bonds. The molecule has 4 nitrogen and oxygen atoms in total. The Hall–Kier alpha value is -0.610. The summed E-state index contributed by atoms with van der Waals surface area (Å²) in [5.41, 5.74) is 5.69. The van der Waals surface area contributed by atoms with E-state index in [9.17, 15) is 4.79 Å². The molecular weight excluding hydrogens is 202 g/mol. The zero-order chi connectivity index (χ0) is 12.3. The molecule has 1 fully saturated rings. The highest BCUT2D eigenvalue weighted by atomic mass is 16.2. The lowest BCUT2D eigenvalue weighted by Gasteiger charge is -2.30. The molecule has 1 unspecified atom stereocenters. The Kier molecular flexibility index (Phi) is 4.33. The zero-order valence-corrected chi connectivity index (χ0v) is 11.0. The molecule has 0 aliphatic carbocycles. The Morgan fingerprint density at radius 1 is 1.56 bits per heavy atom. The second-order valence-corrected chi connectivity index (χ2v) is 5.81. The summed E-state index contributed by atoms with van der Waals surface area (Å²) in [5.74, 6) is 0.453. The van der Waals surface area contributed by atoms with Gasteiger partial charge < -0.3 is 15.5 Å². The van der Waals surface area contributed by atoms with E-state index in [4.69, 9.17) is 5.73 Å².